The summed E-state index contributed by atoms with van der Waals surface area (Å²) in [6.45, 7) is 7.40. The van der Waals surface area contributed by atoms with Crippen molar-refractivity contribution in [3.05, 3.63) is 23.4 Å². The second-order valence-electron chi connectivity index (χ2n) is 5.65. The molecule has 0 radical (unpaired) electrons. The predicted molar refractivity (Wildman–Crippen MR) is 85.1 cm³/mol. The highest BCUT2D eigenvalue weighted by atomic mass is 32.2. The van der Waals surface area contributed by atoms with Crippen molar-refractivity contribution in [1.82, 2.24) is 10.3 Å². The molecule has 2 rings (SSSR count). The Balaban J connectivity index is 2.05. The van der Waals surface area contributed by atoms with Gasteiger partial charge >= 0.3 is 0 Å². The number of nitrogens with one attached hydrogen (secondary N) is 1. The molecule has 1 fully saturated rings. The van der Waals surface area contributed by atoms with Gasteiger partial charge in [-0.3, -0.25) is 0 Å². The summed E-state index contributed by atoms with van der Waals surface area (Å²) in [6.07, 6.45) is 3.29. The number of pyridine rings is 1. The molecule has 19 heavy (non-hydrogen) atoms. The topological polar surface area (TPSA) is 28.2 Å². The van der Waals surface area contributed by atoms with Gasteiger partial charge in [0.15, 0.2) is 0 Å². The molecule has 1 aromatic rings. The lowest BCUT2D eigenvalue weighted by atomic mass is 10.1. The third-order valence-corrected chi connectivity index (χ3v) is 4.75. The molecule has 1 aromatic heterocycles. The Morgan fingerprint density at radius 3 is 2.89 bits per heavy atom. The average molecular weight is 279 g/mol. The molecule has 0 amide bonds. The van der Waals surface area contributed by atoms with Gasteiger partial charge < -0.3 is 10.2 Å². The Kier molecular flexibility index (Phi) is 5.11. The van der Waals surface area contributed by atoms with E-state index in [0.29, 0.717) is 12.1 Å². The molecule has 1 aliphatic heterocycles. The van der Waals surface area contributed by atoms with Gasteiger partial charge in [0.05, 0.1) is 0 Å². The molecule has 1 saturated heterocycles. The van der Waals surface area contributed by atoms with Gasteiger partial charge in [-0.2, -0.15) is 11.8 Å². The highest BCUT2D eigenvalue weighted by molar-refractivity contribution is 7.99. The van der Waals surface area contributed by atoms with Crippen molar-refractivity contribution in [2.45, 2.75) is 45.8 Å². The number of hydrogen-bond acceptors (Lipinski definition) is 4. The van der Waals surface area contributed by atoms with E-state index in [1.54, 1.807) is 0 Å². The molecule has 0 aromatic carbocycles. The van der Waals surface area contributed by atoms with Crippen LogP contribution in [0.3, 0.4) is 0 Å². The minimum Gasteiger partial charge on any atom is -0.356 e. The van der Waals surface area contributed by atoms with Crippen molar-refractivity contribution in [2.75, 3.05) is 23.5 Å². The molecular formula is C15H25N3S. The Hall–Kier alpha value is -0.740. The van der Waals surface area contributed by atoms with E-state index in [9.17, 15) is 0 Å². The molecule has 0 bridgehead atoms. The van der Waals surface area contributed by atoms with Crippen LogP contribution in [0.1, 0.15) is 31.4 Å². The molecule has 0 spiro atoms. The van der Waals surface area contributed by atoms with E-state index in [1.807, 2.05) is 18.0 Å². The van der Waals surface area contributed by atoms with Crippen molar-refractivity contribution in [3.8, 4) is 0 Å². The first-order valence-corrected chi connectivity index (χ1v) is 8.23. The molecule has 2 heterocycles. The molecule has 1 atom stereocenters. The first-order valence-electron chi connectivity index (χ1n) is 7.07. The van der Waals surface area contributed by atoms with E-state index in [-0.39, 0.29) is 0 Å². The zero-order chi connectivity index (χ0) is 13.8. The predicted octanol–water partition coefficient (Wildman–Crippen LogP) is 2.83. The van der Waals surface area contributed by atoms with E-state index in [0.717, 1.165) is 12.4 Å². The van der Waals surface area contributed by atoms with E-state index < -0.39 is 0 Å². The molecule has 1 aliphatic rings. The lowest BCUT2D eigenvalue weighted by Gasteiger charge is -2.26. The van der Waals surface area contributed by atoms with Crippen LogP contribution in [0.4, 0.5) is 5.82 Å². The number of aryl methyl sites for hydroxylation is 1. The van der Waals surface area contributed by atoms with Gasteiger partial charge in [-0.15, -0.1) is 0 Å². The fourth-order valence-electron chi connectivity index (χ4n) is 2.41. The number of nitrogens with zero attached hydrogens (tertiary/aromatic N) is 2. The molecule has 4 heteroatoms. The van der Waals surface area contributed by atoms with Crippen LogP contribution in [0.25, 0.3) is 0 Å². The molecule has 1 N–H and O–H groups in total. The molecule has 3 nitrogen and oxygen atoms in total. The minimum atomic E-state index is 0.512. The number of rotatable bonds is 5. The average Bonchev–Trinajstić information content (AvgIpc) is 2.89. The monoisotopic (exact) mass is 279 g/mol. The Morgan fingerprint density at radius 1 is 1.53 bits per heavy atom. The van der Waals surface area contributed by atoms with Gasteiger partial charge in [0.25, 0.3) is 0 Å². The third kappa shape index (κ3) is 3.86. The lowest BCUT2D eigenvalue weighted by Crippen LogP contribution is -2.32. The van der Waals surface area contributed by atoms with E-state index in [2.05, 4.69) is 49.1 Å². The summed E-state index contributed by atoms with van der Waals surface area (Å²) < 4.78 is 0. The van der Waals surface area contributed by atoms with E-state index in [4.69, 9.17) is 0 Å². The first kappa shape index (κ1) is 14.7. The summed E-state index contributed by atoms with van der Waals surface area (Å²) in [6, 6.07) is 3.42. The smallest absolute Gasteiger partial charge is 0.131 e. The summed E-state index contributed by atoms with van der Waals surface area (Å²) in [4.78, 5) is 7.03. The zero-order valence-corrected chi connectivity index (χ0v) is 13.3. The zero-order valence-electron chi connectivity index (χ0n) is 12.4. The molecule has 1 unspecified atom stereocenters. The van der Waals surface area contributed by atoms with Gasteiger partial charge in [0, 0.05) is 37.6 Å². The maximum absolute atomic E-state index is 4.68. The van der Waals surface area contributed by atoms with Gasteiger partial charge in [0.1, 0.15) is 5.82 Å². The highest BCUT2D eigenvalue weighted by Gasteiger charge is 2.22. The van der Waals surface area contributed by atoms with Crippen LogP contribution in [0.5, 0.6) is 0 Å². The standard InChI is InChI=1S/C15H25N3S/c1-11(2)16-8-13-7-12(3)15(17-9-13)18(4)14-5-6-19-10-14/h7,9,11,14,16H,5-6,8,10H2,1-4H3. The number of anilines is 1. The third-order valence-electron chi connectivity index (χ3n) is 3.61. The van der Waals surface area contributed by atoms with Crippen LogP contribution in [0, 0.1) is 6.92 Å². The van der Waals surface area contributed by atoms with Crippen LogP contribution in [0.2, 0.25) is 0 Å². The molecular weight excluding hydrogens is 254 g/mol. The maximum atomic E-state index is 4.68. The van der Waals surface area contributed by atoms with Crippen molar-refractivity contribution >= 4 is 17.6 Å². The quantitative estimate of drug-likeness (QED) is 0.897. The number of hydrogen-bond donors (Lipinski definition) is 1. The maximum Gasteiger partial charge on any atom is 0.131 e. The fourth-order valence-corrected chi connectivity index (χ4v) is 3.68. The summed E-state index contributed by atoms with van der Waals surface area (Å²) in [5.41, 5.74) is 2.55. The van der Waals surface area contributed by atoms with Crippen molar-refractivity contribution in [1.29, 1.82) is 0 Å². The summed E-state index contributed by atoms with van der Waals surface area (Å²) in [5.74, 6) is 3.65. The highest BCUT2D eigenvalue weighted by Crippen LogP contribution is 2.26. The first-order chi connectivity index (χ1) is 9.08. The normalized spacial score (nSPS) is 19.1. The van der Waals surface area contributed by atoms with E-state index in [1.165, 1.54) is 29.1 Å². The fraction of sp³-hybridized carbons (Fsp3) is 0.667. The summed E-state index contributed by atoms with van der Waals surface area (Å²) >= 11 is 2.05. The molecule has 0 saturated carbocycles. The van der Waals surface area contributed by atoms with Crippen LogP contribution in [-0.4, -0.2) is 35.6 Å². The van der Waals surface area contributed by atoms with Gasteiger partial charge in [0.2, 0.25) is 0 Å². The largest absolute Gasteiger partial charge is 0.356 e. The van der Waals surface area contributed by atoms with Crippen molar-refractivity contribution in [3.63, 3.8) is 0 Å². The van der Waals surface area contributed by atoms with Crippen molar-refractivity contribution < 1.29 is 0 Å². The van der Waals surface area contributed by atoms with Gasteiger partial charge in [-0.25, -0.2) is 4.98 Å². The molecule has 106 valence electrons. The summed E-state index contributed by atoms with van der Waals surface area (Å²) in [7, 11) is 2.18. The second kappa shape index (κ2) is 6.62. The summed E-state index contributed by atoms with van der Waals surface area (Å²) in [5, 5.41) is 3.44. The van der Waals surface area contributed by atoms with Gasteiger partial charge in [-0.05, 0) is 36.3 Å². The SMILES string of the molecule is Cc1cc(CNC(C)C)cnc1N(C)C1CCSC1. The van der Waals surface area contributed by atoms with Crippen LogP contribution in [-0.2, 0) is 6.54 Å². The Morgan fingerprint density at radius 2 is 2.32 bits per heavy atom. The van der Waals surface area contributed by atoms with Gasteiger partial charge in [-0.1, -0.05) is 13.8 Å². The Bertz CT molecular complexity index is 414. The number of aromatic nitrogens is 1. The van der Waals surface area contributed by atoms with Crippen LogP contribution >= 0.6 is 11.8 Å². The van der Waals surface area contributed by atoms with Crippen molar-refractivity contribution in [2.24, 2.45) is 0 Å². The number of thioether (sulfide) groups is 1. The van der Waals surface area contributed by atoms with Crippen LogP contribution < -0.4 is 10.2 Å². The lowest BCUT2D eigenvalue weighted by molar-refractivity contribution is 0.587. The minimum absolute atomic E-state index is 0.512. The molecule has 0 aliphatic carbocycles. The van der Waals surface area contributed by atoms with E-state index >= 15 is 0 Å². The van der Waals surface area contributed by atoms with Crippen LogP contribution in [0.15, 0.2) is 12.3 Å². The second-order valence-corrected chi connectivity index (χ2v) is 6.80. The Labute approximate surface area is 121 Å².